The zero-order valence-electron chi connectivity index (χ0n) is 9.84. The van der Waals surface area contributed by atoms with Crippen molar-refractivity contribution in [2.75, 3.05) is 12.4 Å². The van der Waals surface area contributed by atoms with Gasteiger partial charge < -0.3 is 25.8 Å². The van der Waals surface area contributed by atoms with Crippen molar-refractivity contribution in [1.82, 2.24) is 0 Å². The molecule has 0 aromatic heterocycles. The van der Waals surface area contributed by atoms with E-state index in [-0.39, 0.29) is 47.3 Å². The fraction of sp³-hybridized carbons (Fsp3) is 0.455. The van der Waals surface area contributed by atoms with Crippen LogP contribution in [0.15, 0.2) is 12.1 Å². The topological polar surface area (TPSA) is 95.9 Å². The molecule has 0 amide bonds. The van der Waals surface area contributed by atoms with Crippen LogP contribution in [0.5, 0.6) is 17.2 Å². The van der Waals surface area contributed by atoms with Crippen LogP contribution in [0.25, 0.3) is 0 Å². The van der Waals surface area contributed by atoms with E-state index < -0.39 is 12.1 Å². The van der Waals surface area contributed by atoms with Gasteiger partial charge in [0.2, 0.25) is 5.75 Å². The van der Waals surface area contributed by atoms with Gasteiger partial charge in [-0.15, -0.1) is 0 Å². The van der Waals surface area contributed by atoms with E-state index in [1.165, 1.54) is 12.1 Å². The minimum Gasteiger partial charge on any atom is -0.504 e. The van der Waals surface area contributed by atoms with E-state index in [1.807, 2.05) is 0 Å². The van der Waals surface area contributed by atoms with Gasteiger partial charge in [0.25, 0.3) is 0 Å². The van der Waals surface area contributed by atoms with Crippen molar-refractivity contribution in [3.05, 3.63) is 17.7 Å². The Morgan fingerprint density at radius 1 is 1.39 bits per heavy atom. The van der Waals surface area contributed by atoms with Gasteiger partial charge >= 0.3 is 0 Å². The van der Waals surface area contributed by atoms with Crippen LogP contribution in [-0.2, 0) is 0 Å². The maximum atomic E-state index is 11.8. The zero-order chi connectivity index (χ0) is 13.7. The fourth-order valence-corrected chi connectivity index (χ4v) is 1.56. The van der Waals surface area contributed by atoms with Crippen molar-refractivity contribution in [1.29, 1.82) is 0 Å². The van der Waals surface area contributed by atoms with E-state index in [1.54, 1.807) is 6.92 Å². The molecule has 2 atom stereocenters. The molecule has 1 aromatic rings. The number of rotatable bonds is 6. The second-order valence-corrected chi connectivity index (χ2v) is 4.48. The summed E-state index contributed by atoms with van der Waals surface area (Å²) in [7, 11) is 0. The lowest BCUT2D eigenvalue weighted by Crippen LogP contribution is -2.24. The van der Waals surface area contributed by atoms with Gasteiger partial charge in [-0.25, -0.2) is 0 Å². The molecule has 0 spiro atoms. The normalized spacial score (nSPS) is 14.2. The van der Waals surface area contributed by atoms with Crippen molar-refractivity contribution in [2.24, 2.45) is 5.73 Å². The Hall–Kier alpha value is -1.18. The van der Waals surface area contributed by atoms with Gasteiger partial charge in [-0.3, -0.25) is 0 Å². The van der Waals surface area contributed by atoms with Gasteiger partial charge in [0.1, 0.15) is 6.61 Å². The molecule has 0 radical (unpaired) electrons. The van der Waals surface area contributed by atoms with Crippen LogP contribution < -0.4 is 10.5 Å². The Kier molecular flexibility index (Phi) is 5.52. The number of nitrogens with two attached hydrogens (primary N) is 1. The molecule has 0 saturated heterocycles. The molecular weight excluding hydrogens is 261 g/mol. The molecule has 0 bridgehead atoms. The fourth-order valence-electron chi connectivity index (χ4n) is 1.42. The SMILES string of the molecule is CC(N)C(O)c1cc(O)c(OCCSF)c(O)c1. The summed E-state index contributed by atoms with van der Waals surface area (Å²) in [5.74, 6) is -0.699. The standard InChI is InChI=1S/C11H16FNO4S/c1-6(13)10(16)7-4-8(14)11(9(15)5-7)17-2-3-18-12/h4-6,10,14-16H,2-3,13H2,1H3. The molecule has 0 aliphatic heterocycles. The minimum atomic E-state index is -1.00. The van der Waals surface area contributed by atoms with Crippen LogP contribution in [0.4, 0.5) is 3.89 Å². The molecule has 0 heterocycles. The predicted octanol–water partition coefficient (Wildman–Crippen LogP) is 1.47. The molecule has 7 heteroatoms. The first kappa shape index (κ1) is 14.9. The van der Waals surface area contributed by atoms with E-state index in [2.05, 4.69) is 0 Å². The number of ether oxygens (including phenoxy) is 1. The largest absolute Gasteiger partial charge is 0.504 e. The summed E-state index contributed by atoms with van der Waals surface area (Å²) in [5.41, 5.74) is 5.80. The maximum absolute atomic E-state index is 11.8. The number of hydrogen-bond donors (Lipinski definition) is 4. The first-order chi connectivity index (χ1) is 8.47. The highest BCUT2D eigenvalue weighted by atomic mass is 32.2. The lowest BCUT2D eigenvalue weighted by atomic mass is 10.0. The Bertz CT molecular complexity index is 380. The predicted molar refractivity (Wildman–Crippen MR) is 67.4 cm³/mol. The third kappa shape index (κ3) is 3.66. The van der Waals surface area contributed by atoms with Crippen LogP contribution >= 0.6 is 12.1 Å². The number of phenols is 2. The Morgan fingerprint density at radius 3 is 2.39 bits per heavy atom. The molecule has 0 aliphatic rings. The van der Waals surface area contributed by atoms with Gasteiger partial charge in [0.15, 0.2) is 11.5 Å². The van der Waals surface area contributed by atoms with Crippen LogP contribution in [0.2, 0.25) is 0 Å². The van der Waals surface area contributed by atoms with Crippen molar-refractivity contribution in [2.45, 2.75) is 19.1 Å². The van der Waals surface area contributed by atoms with E-state index in [0.717, 1.165) is 0 Å². The Labute approximate surface area is 109 Å². The molecule has 0 aliphatic carbocycles. The molecule has 102 valence electrons. The second-order valence-electron chi connectivity index (χ2n) is 3.85. The third-order valence-electron chi connectivity index (χ3n) is 2.32. The number of halogens is 1. The lowest BCUT2D eigenvalue weighted by Gasteiger charge is -2.17. The smallest absolute Gasteiger partial charge is 0.203 e. The number of phenolic OH excluding ortho intramolecular Hbond substituents is 2. The van der Waals surface area contributed by atoms with Gasteiger partial charge in [0, 0.05) is 18.2 Å². The maximum Gasteiger partial charge on any atom is 0.203 e. The Balaban J connectivity index is 2.90. The molecule has 0 fully saturated rings. The summed E-state index contributed by atoms with van der Waals surface area (Å²) in [6.45, 7) is 1.61. The summed E-state index contributed by atoms with van der Waals surface area (Å²) < 4.78 is 16.8. The highest BCUT2D eigenvalue weighted by Crippen LogP contribution is 2.38. The number of aromatic hydroxyl groups is 2. The van der Waals surface area contributed by atoms with Crippen LogP contribution in [0, 0.1) is 0 Å². The average molecular weight is 277 g/mol. The van der Waals surface area contributed by atoms with Crippen molar-refractivity contribution < 1.29 is 23.9 Å². The molecule has 1 rings (SSSR count). The van der Waals surface area contributed by atoms with Crippen LogP contribution in [-0.4, -0.2) is 33.7 Å². The molecule has 1 aromatic carbocycles. The van der Waals surface area contributed by atoms with Crippen molar-refractivity contribution in [3.8, 4) is 17.2 Å². The number of aliphatic hydroxyl groups is 1. The Morgan fingerprint density at radius 2 is 1.94 bits per heavy atom. The monoisotopic (exact) mass is 277 g/mol. The highest BCUT2D eigenvalue weighted by Gasteiger charge is 2.18. The number of hydrogen-bond acceptors (Lipinski definition) is 6. The second kappa shape index (κ2) is 6.67. The third-order valence-corrected chi connectivity index (χ3v) is 2.64. The van der Waals surface area contributed by atoms with Gasteiger partial charge in [-0.05, 0) is 24.6 Å². The van der Waals surface area contributed by atoms with E-state index in [0.29, 0.717) is 0 Å². The van der Waals surface area contributed by atoms with Gasteiger partial charge in [0.05, 0.1) is 11.9 Å². The first-order valence-electron chi connectivity index (χ1n) is 5.33. The van der Waals surface area contributed by atoms with Gasteiger partial charge in [-0.1, -0.05) is 0 Å². The van der Waals surface area contributed by atoms with Crippen molar-refractivity contribution >= 4 is 12.1 Å². The number of aliphatic hydroxyl groups excluding tert-OH is 1. The molecule has 0 saturated carbocycles. The van der Waals surface area contributed by atoms with Gasteiger partial charge in [-0.2, -0.15) is 3.89 Å². The molecule has 2 unspecified atom stereocenters. The first-order valence-corrected chi connectivity index (χ1v) is 6.21. The van der Waals surface area contributed by atoms with Crippen LogP contribution in [0.3, 0.4) is 0 Å². The summed E-state index contributed by atoms with van der Waals surface area (Å²) in [5, 5.41) is 29.0. The summed E-state index contributed by atoms with van der Waals surface area (Å²) in [6, 6.07) is 1.97. The molecule has 5 nitrogen and oxygen atoms in total. The van der Waals surface area contributed by atoms with Crippen molar-refractivity contribution in [3.63, 3.8) is 0 Å². The van der Waals surface area contributed by atoms with E-state index >= 15 is 0 Å². The summed E-state index contributed by atoms with van der Waals surface area (Å²) >= 11 is 0.0998. The summed E-state index contributed by atoms with van der Waals surface area (Å²) in [4.78, 5) is 0. The quantitative estimate of drug-likeness (QED) is 0.588. The molecular formula is C11H16FNO4S. The highest BCUT2D eigenvalue weighted by molar-refractivity contribution is 7.94. The molecule has 18 heavy (non-hydrogen) atoms. The average Bonchev–Trinajstić information content (AvgIpc) is 2.31. The lowest BCUT2D eigenvalue weighted by molar-refractivity contribution is 0.152. The van der Waals surface area contributed by atoms with E-state index in [9.17, 15) is 19.2 Å². The zero-order valence-corrected chi connectivity index (χ0v) is 10.7. The van der Waals surface area contributed by atoms with E-state index in [4.69, 9.17) is 10.5 Å². The van der Waals surface area contributed by atoms with Crippen LogP contribution in [0.1, 0.15) is 18.6 Å². The molecule has 5 N–H and O–H groups in total. The summed E-state index contributed by atoms with van der Waals surface area (Å²) in [6.07, 6.45) is -1.00. The number of benzene rings is 1. The minimum absolute atomic E-state index is 0.0114.